The van der Waals surface area contributed by atoms with Crippen molar-refractivity contribution in [3.63, 3.8) is 0 Å². The zero-order chi connectivity index (χ0) is 15.6. The van der Waals surface area contributed by atoms with Gasteiger partial charge in [-0.25, -0.2) is 8.93 Å². The Labute approximate surface area is 132 Å². The van der Waals surface area contributed by atoms with Gasteiger partial charge in [-0.3, -0.25) is 0 Å². The summed E-state index contributed by atoms with van der Waals surface area (Å²) >= 11 is 5.86. The van der Waals surface area contributed by atoms with Crippen molar-refractivity contribution in [1.29, 1.82) is 0 Å². The number of nitrogens with one attached hydrogen (secondary N) is 1. The lowest BCUT2D eigenvalue weighted by Crippen LogP contribution is -2.34. The fourth-order valence-electron chi connectivity index (χ4n) is 1.64. The molecule has 0 radical (unpaired) electrons. The van der Waals surface area contributed by atoms with E-state index in [2.05, 4.69) is 9.88 Å². The molecular formula is C15H19ClN2O2S. The molecular weight excluding hydrogens is 308 g/mol. The highest BCUT2D eigenvalue weighted by atomic mass is 35.5. The molecule has 6 heteroatoms. The van der Waals surface area contributed by atoms with Crippen LogP contribution in [0.1, 0.15) is 39.4 Å². The molecule has 2 atom stereocenters. The Morgan fingerprint density at radius 3 is 2.48 bits per heavy atom. The van der Waals surface area contributed by atoms with Crippen LogP contribution < -0.4 is 4.72 Å². The zero-order valence-electron chi connectivity index (χ0n) is 12.5. The predicted octanol–water partition coefficient (Wildman–Crippen LogP) is 4.11. The van der Waals surface area contributed by atoms with E-state index in [-0.39, 0.29) is 10.8 Å². The molecule has 0 aliphatic carbocycles. The maximum atomic E-state index is 12.1. The topological polar surface area (TPSA) is 55.1 Å². The van der Waals surface area contributed by atoms with Crippen LogP contribution in [0.5, 0.6) is 0 Å². The molecule has 114 valence electrons. The maximum Gasteiger partial charge on any atom is 0.167 e. The zero-order valence-corrected chi connectivity index (χ0v) is 14.1. The second-order valence-corrected chi connectivity index (χ2v) is 8.28. The summed E-state index contributed by atoms with van der Waals surface area (Å²) in [6, 6.07) is 9.04. The number of benzene rings is 1. The Morgan fingerprint density at radius 2 is 1.90 bits per heavy atom. The lowest BCUT2D eigenvalue weighted by atomic mass is 10.1. The highest BCUT2D eigenvalue weighted by molar-refractivity contribution is 7.84. The molecule has 0 saturated carbocycles. The van der Waals surface area contributed by atoms with Gasteiger partial charge in [0.1, 0.15) is 5.69 Å². The first-order valence-corrected chi connectivity index (χ1v) is 8.21. The molecule has 2 rings (SSSR count). The number of aromatic nitrogens is 1. The van der Waals surface area contributed by atoms with Crippen molar-refractivity contribution in [3.8, 4) is 11.3 Å². The molecule has 0 saturated heterocycles. The van der Waals surface area contributed by atoms with Crippen LogP contribution in [0.2, 0.25) is 5.02 Å². The molecule has 0 amide bonds. The summed E-state index contributed by atoms with van der Waals surface area (Å²) in [6.45, 7) is 7.67. The number of halogens is 1. The van der Waals surface area contributed by atoms with E-state index in [9.17, 15) is 4.21 Å². The minimum atomic E-state index is -1.16. The third-order valence-corrected chi connectivity index (χ3v) is 4.87. The van der Waals surface area contributed by atoms with Crippen LogP contribution in [0.3, 0.4) is 0 Å². The van der Waals surface area contributed by atoms with Crippen molar-refractivity contribution < 1.29 is 8.73 Å². The molecule has 0 aliphatic rings. The molecule has 1 N–H and O–H groups in total. The molecule has 0 aliphatic heterocycles. The van der Waals surface area contributed by atoms with Gasteiger partial charge in [0.05, 0.1) is 21.8 Å². The first-order chi connectivity index (χ1) is 9.77. The van der Waals surface area contributed by atoms with Gasteiger partial charge < -0.3 is 4.52 Å². The number of nitrogens with zero attached hydrogens (tertiary/aromatic N) is 1. The van der Waals surface area contributed by atoms with Gasteiger partial charge in [0.15, 0.2) is 5.76 Å². The summed E-state index contributed by atoms with van der Waals surface area (Å²) in [5.41, 5.74) is 1.62. The molecule has 4 nitrogen and oxygen atoms in total. The minimum absolute atomic E-state index is 0.158. The third kappa shape index (κ3) is 4.15. The number of hydrogen-bond donors (Lipinski definition) is 1. The fourth-order valence-corrected chi connectivity index (χ4v) is 2.56. The van der Waals surface area contributed by atoms with Crippen LogP contribution in [0.25, 0.3) is 11.3 Å². The summed E-state index contributed by atoms with van der Waals surface area (Å²) in [4.78, 5) is 0. The van der Waals surface area contributed by atoms with Crippen LogP contribution in [-0.4, -0.2) is 14.1 Å². The van der Waals surface area contributed by atoms with E-state index >= 15 is 0 Å². The number of rotatable bonds is 4. The van der Waals surface area contributed by atoms with Gasteiger partial charge in [0.25, 0.3) is 0 Å². The van der Waals surface area contributed by atoms with Crippen LogP contribution >= 0.6 is 11.6 Å². The average Bonchev–Trinajstić information content (AvgIpc) is 2.88. The standard InChI is InChI=1S/C15H19ClN2O2S/c1-10(18-21(19)15(2,3)4)13-9-14(20-17-13)11-5-7-12(16)8-6-11/h5-10,18H,1-4H3/t10-,21+/m0/s1. The second-order valence-electron chi connectivity index (χ2n) is 5.84. The normalized spacial score (nSPS) is 14.9. The van der Waals surface area contributed by atoms with E-state index in [1.165, 1.54) is 0 Å². The Bertz CT molecular complexity index is 632. The Balaban J connectivity index is 2.12. The van der Waals surface area contributed by atoms with Crippen LogP contribution in [0.4, 0.5) is 0 Å². The average molecular weight is 327 g/mol. The van der Waals surface area contributed by atoms with Gasteiger partial charge in [-0.15, -0.1) is 0 Å². The first-order valence-electron chi connectivity index (χ1n) is 6.68. The van der Waals surface area contributed by atoms with Gasteiger partial charge in [-0.05, 0) is 52.0 Å². The quantitative estimate of drug-likeness (QED) is 0.920. The third-order valence-electron chi connectivity index (χ3n) is 2.94. The summed E-state index contributed by atoms with van der Waals surface area (Å²) in [5.74, 6) is 0.664. The SMILES string of the molecule is C[C@H](N[S@](=O)C(C)(C)C)c1cc(-c2ccc(Cl)cc2)on1. The van der Waals surface area contributed by atoms with Gasteiger partial charge in [-0.2, -0.15) is 0 Å². The lowest BCUT2D eigenvalue weighted by molar-refractivity contribution is 0.416. The molecule has 0 fully saturated rings. The van der Waals surface area contributed by atoms with Gasteiger partial charge in [0.2, 0.25) is 0 Å². The maximum absolute atomic E-state index is 12.1. The van der Waals surface area contributed by atoms with Gasteiger partial charge in [-0.1, -0.05) is 16.8 Å². The summed E-state index contributed by atoms with van der Waals surface area (Å²) in [6.07, 6.45) is 0. The molecule has 0 spiro atoms. The van der Waals surface area contributed by atoms with Gasteiger partial charge in [0, 0.05) is 16.7 Å². The van der Waals surface area contributed by atoms with E-state index < -0.39 is 11.0 Å². The van der Waals surface area contributed by atoms with Crippen molar-refractivity contribution in [2.24, 2.45) is 0 Å². The van der Waals surface area contributed by atoms with E-state index in [1.807, 2.05) is 45.9 Å². The summed E-state index contributed by atoms with van der Waals surface area (Å²) in [5, 5.41) is 4.72. The largest absolute Gasteiger partial charge is 0.356 e. The molecule has 1 heterocycles. The van der Waals surface area contributed by atoms with Crippen molar-refractivity contribution in [1.82, 2.24) is 9.88 Å². The van der Waals surface area contributed by atoms with E-state index in [1.54, 1.807) is 12.1 Å². The first kappa shape index (κ1) is 16.2. The van der Waals surface area contributed by atoms with Crippen LogP contribution in [-0.2, 0) is 11.0 Å². The monoisotopic (exact) mass is 326 g/mol. The summed E-state index contributed by atoms with van der Waals surface area (Å²) in [7, 11) is -1.16. The smallest absolute Gasteiger partial charge is 0.167 e. The van der Waals surface area contributed by atoms with Crippen LogP contribution in [0.15, 0.2) is 34.9 Å². The van der Waals surface area contributed by atoms with Crippen molar-refractivity contribution >= 4 is 22.6 Å². The fraction of sp³-hybridized carbons (Fsp3) is 0.400. The van der Waals surface area contributed by atoms with E-state index in [0.29, 0.717) is 10.8 Å². The van der Waals surface area contributed by atoms with E-state index in [4.69, 9.17) is 16.1 Å². The minimum Gasteiger partial charge on any atom is -0.356 e. The van der Waals surface area contributed by atoms with Crippen molar-refractivity contribution in [2.75, 3.05) is 0 Å². The van der Waals surface area contributed by atoms with Crippen LogP contribution in [0, 0.1) is 0 Å². The predicted molar refractivity (Wildman–Crippen MR) is 86.4 cm³/mol. The highest BCUT2D eigenvalue weighted by Gasteiger charge is 2.23. The Morgan fingerprint density at radius 1 is 1.29 bits per heavy atom. The molecule has 1 aromatic heterocycles. The van der Waals surface area contributed by atoms with Crippen molar-refractivity contribution in [2.45, 2.75) is 38.5 Å². The lowest BCUT2D eigenvalue weighted by Gasteiger charge is -2.20. The molecule has 2 aromatic rings. The Hall–Kier alpha value is -1.17. The Kier molecular flexibility index (Phi) is 4.86. The summed E-state index contributed by atoms with van der Waals surface area (Å²) < 4.78 is 20.2. The molecule has 21 heavy (non-hydrogen) atoms. The number of hydrogen-bond acceptors (Lipinski definition) is 3. The van der Waals surface area contributed by atoms with E-state index in [0.717, 1.165) is 11.3 Å². The van der Waals surface area contributed by atoms with Crippen molar-refractivity contribution in [3.05, 3.63) is 41.0 Å². The second kappa shape index (κ2) is 6.30. The highest BCUT2D eigenvalue weighted by Crippen LogP contribution is 2.25. The molecule has 0 bridgehead atoms. The van der Waals surface area contributed by atoms with Gasteiger partial charge >= 0.3 is 0 Å². The molecule has 1 aromatic carbocycles. The molecule has 0 unspecified atom stereocenters.